The van der Waals surface area contributed by atoms with Crippen LogP contribution in [-0.2, 0) is 16.4 Å². The highest BCUT2D eigenvalue weighted by Crippen LogP contribution is 2.25. The minimum absolute atomic E-state index is 0.254. The van der Waals surface area contributed by atoms with Crippen LogP contribution in [0.15, 0.2) is 52.9 Å². The molecule has 8 heteroatoms. The molecule has 0 radical (unpaired) electrons. The normalized spacial score (nSPS) is 11.4. The van der Waals surface area contributed by atoms with Crippen LogP contribution < -0.4 is 11.1 Å². The first-order chi connectivity index (χ1) is 11.4. The Morgan fingerprint density at radius 3 is 2.58 bits per heavy atom. The Labute approximate surface area is 144 Å². The molecular weight excluding hydrogens is 344 g/mol. The number of nitrogens with two attached hydrogens (primary N) is 1. The molecule has 0 spiro atoms. The third-order valence-corrected chi connectivity index (χ3v) is 5.39. The van der Waals surface area contributed by atoms with E-state index in [1.807, 2.05) is 17.5 Å². The molecule has 0 aliphatic rings. The Morgan fingerprint density at radius 1 is 1.21 bits per heavy atom. The number of nitrogen functional groups attached to an aromatic ring is 1. The monoisotopic (exact) mass is 360 g/mol. The third-order valence-electron chi connectivity index (χ3n) is 3.38. The van der Waals surface area contributed by atoms with E-state index in [0.717, 1.165) is 0 Å². The lowest BCUT2D eigenvalue weighted by Crippen LogP contribution is -2.04. The van der Waals surface area contributed by atoms with Gasteiger partial charge in [0, 0.05) is 16.7 Å². The number of nitrogens with zero attached hydrogens (tertiary/aromatic N) is 2. The minimum atomic E-state index is -3.23. The standard InChI is InChI=1S/C16H16N4O2S2/c1-24(21,22)13-6-4-11(5-7-13)15-16(17)19-10-14(20-15)18-9-12-3-2-8-23-12/h2-8,10H,9H2,1H3,(H2,17,19)(H,18,20). The summed E-state index contributed by atoms with van der Waals surface area (Å²) in [4.78, 5) is 10.1. The predicted octanol–water partition coefficient (Wildman–Crippen LogP) is 2.80. The van der Waals surface area contributed by atoms with Crippen LogP contribution in [-0.4, -0.2) is 24.6 Å². The van der Waals surface area contributed by atoms with Crippen molar-refractivity contribution < 1.29 is 8.42 Å². The maximum absolute atomic E-state index is 11.5. The van der Waals surface area contributed by atoms with Gasteiger partial charge in [-0.15, -0.1) is 11.3 Å². The van der Waals surface area contributed by atoms with Crippen molar-refractivity contribution in [2.24, 2.45) is 0 Å². The molecular formula is C16H16N4O2S2. The van der Waals surface area contributed by atoms with Crippen LogP contribution in [0, 0.1) is 0 Å². The van der Waals surface area contributed by atoms with Gasteiger partial charge in [0.1, 0.15) is 17.3 Å². The van der Waals surface area contributed by atoms with E-state index in [1.165, 1.54) is 23.3 Å². The molecule has 24 heavy (non-hydrogen) atoms. The van der Waals surface area contributed by atoms with Crippen molar-refractivity contribution in [2.75, 3.05) is 17.3 Å². The quantitative estimate of drug-likeness (QED) is 0.726. The van der Waals surface area contributed by atoms with Crippen molar-refractivity contribution in [3.05, 3.63) is 52.9 Å². The average Bonchev–Trinajstić information content (AvgIpc) is 3.07. The van der Waals surface area contributed by atoms with Gasteiger partial charge in [-0.1, -0.05) is 18.2 Å². The maximum Gasteiger partial charge on any atom is 0.175 e. The Hall–Kier alpha value is -2.45. The van der Waals surface area contributed by atoms with Gasteiger partial charge in [0.15, 0.2) is 9.84 Å². The van der Waals surface area contributed by atoms with Crippen molar-refractivity contribution >= 4 is 32.8 Å². The van der Waals surface area contributed by atoms with Gasteiger partial charge in [-0.3, -0.25) is 0 Å². The first-order valence-electron chi connectivity index (χ1n) is 7.13. The zero-order valence-electron chi connectivity index (χ0n) is 12.9. The second-order valence-corrected chi connectivity index (χ2v) is 8.27. The molecule has 0 saturated heterocycles. The summed E-state index contributed by atoms with van der Waals surface area (Å²) >= 11 is 1.66. The van der Waals surface area contributed by atoms with Gasteiger partial charge in [0.2, 0.25) is 0 Å². The van der Waals surface area contributed by atoms with Crippen LogP contribution in [0.4, 0.5) is 11.6 Å². The van der Waals surface area contributed by atoms with Gasteiger partial charge >= 0.3 is 0 Å². The summed E-state index contributed by atoms with van der Waals surface area (Å²) in [5, 5.41) is 5.22. The molecule has 0 unspecified atom stereocenters. The number of hydrogen-bond acceptors (Lipinski definition) is 7. The van der Waals surface area contributed by atoms with Gasteiger partial charge in [0.05, 0.1) is 17.6 Å². The number of hydrogen-bond donors (Lipinski definition) is 2. The molecule has 6 nitrogen and oxygen atoms in total. The first kappa shape index (κ1) is 16.4. The lowest BCUT2D eigenvalue weighted by molar-refractivity contribution is 0.602. The van der Waals surface area contributed by atoms with E-state index in [1.54, 1.807) is 29.7 Å². The number of anilines is 2. The molecule has 2 heterocycles. The Kier molecular flexibility index (Phi) is 4.50. The third kappa shape index (κ3) is 3.72. The van der Waals surface area contributed by atoms with Crippen LogP contribution in [0.2, 0.25) is 0 Å². The van der Waals surface area contributed by atoms with Crippen molar-refractivity contribution in [3.8, 4) is 11.3 Å². The summed E-state index contributed by atoms with van der Waals surface area (Å²) in [5.74, 6) is 0.906. The number of thiophene rings is 1. The second kappa shape index (κ2) is 6.58. The molecule has 3 aromatic rings. The summed E-state index contributed by atoms with van der Waals surface area (Å²) in [6, 6.07) is 10.5. The molecule has 0 atom stereocenters. The predicted molar refractivity (Wildman–Crippen MR) is 96.6 cm³/mol. The minimum Gasteiger partial charge on any atom is -0.382 e. The zero-order valence-corrected chi connectivity index (χ0v) is 14.6. The molecule has 0 amide bonds. The number of aromatic nitrogens is 2. The van der Waals surface area contributed by atoms with Crippen molar-refractivity contribution in [3.63, 3.8) is 0 Å². The number of nitrogens with one attached hydrogen (secondary N) is 1. The maximum atomic E-state index is 11.5. The highest BCUT2D eigenvalue weighted by atomic mass is 32.2. The fourth-order valence-electron chi connectivity index (χ4n) is 2.15. The average molecular weight is 360 g/mol. The number of rotatable bonds is 5. The van der Waals surface area contributed by atoms with Crippen molar-refractivity contribution in [1.29, 1.82) is 0 Å². The Balaban J connectivity index is 1.86. The lowest BCUT2D eigenvalue weighted by atomic mass is 10.1. The molecule has 124 valence electrons. The molecule has 2 aromatic heterocycles. The van der Waals surface area contributed by atoms with Gasteiger partial charge in [-0.25, -0.2) is 18.4 Å². The smallest absolute Gasteiger partial charge is 0.175 e. The van der Waals surface area contributed by atoms with Crippen LogP contribution in [0.3, 0.4) is 0 Å². The summed E-state index contributed by atoms with van der Waals surface area (Å²) in [7, 11) is -3.23. The molecule has 0 bridgehead atoms. The van der Waals surface area contributed by atoms with Crippen LogP contribution in [0.25, 0.3) is 11.3 Å². The van der Waals surface area contributed by atoms with Crippen LogP contribution >= 0.6 is 11.3 Å². The second-order valence-electron chi connectivity index (χ2n) is 5.22. The van der Waals surface area contributed by atoms with E-state index in [-0.39, 0.29) is 4.90 Å². The van der Waals surface area contributed by atoms with E-state index >= 15 is 0 Å². The van der Waals surface area contributed by atoms with E-state index in [4.69, 9.17) is 5.73 Å². The highest BCUT2D eigenvalue weighted by molar-refractivity contribution is 7.90. The van der Waals surface area contributed by atoms with E-state index in [0.29, 0.717) is 29.4 Å². The molecule has 0 aliphatic heterocycles. The van der Waals surface area contributed by atoms with Gasteiger partial charge < -0.3 is 11.1 Å². The van der Waals surface area contributed by atoms with Gasteiger partial charge in [-0.05, 0) is 23.6 Å². The Morgan fingerprint density at radius 2 is 1.96 bits per heavy atom. The lowest BCUT2D eigenvalue weighted by Gasteiger charge is -2.09. The molecule has 0 aliphatic carbocycles. The molecule has 0 saturated carbocycles. The number of sulfone groups is 1. The number of benzene rings is 1. The Bertz CT molecular complexity index is 937. The fraction of sp³-hybridized carbons (Fsp3) is 0.125. The van der Waals surface area contributed by atoms with E-state index in [2.05, 4.69) is 15.3 Å². The van der Waals surface area contributed by atoms with E-state index in [9.17, 15) is 8.42 Å². The molecule has 0 fully saturated rings. The van der Waals surface area contributed by atoms with Gasteiger partial charge in [0.25, 0.3) is 0 Å². The zero-order chi connectivity index (χ0) is 17.2. The summed E-state index contributed by atoms with van der Waals surface area (Å²) in [6.07, 6.45) is 2.75. The van der Waals surface area contributed by atoms with Crippen LogP contribution in [0.5, 0.6) is 0 Å². The topological polar surface area (TPSA) is 98.0 Å². The first-order valence-corrected chi connectivity index (χ1v) is 9.90. The van der Waals surface area contributed by atoms with Crippen molar-refractivity contribution in [1.82, 2.24) is 9.97 Å². The summed E-state index contributed by atoms with van der Waals surface area (Å²) in [5.41, 5.74) is 7.15. The van der Waals surface area contributed by atoms with Gasteiger partial charge in [-0.2, -0.15) is 0 Å². The summed E-state index contributed by atoms with van der Waals surface area (Å²) < 4.78 is 23.1. The summed E-state index contributed by atoms with van der Waals surface area (Å²) in [6.45, 7) is 0.655. The molecule has 1 aromatic carbocycles. The SMILES string of the molecule is CS(=O)(=O)c1ccc(-c2nc(NCc3cccs3)cnc2N)cc1. The van der Waals surface area contributed by atoms with E-state index < -0.39 is 9.84 Å². The molecule has 3 rings (SSSR count). The van der Waals surface area contributed by atoms with Crippen LogP contribution in [0.1, 0.15) is 4.88 Å². The highest BCUT2D eigenvalue weighted by Gasteiger charge is 2.11. The largest absolute Gasteiger partial charge is 0.382 e. The van der Waals surface area contributed by atoms with Crippen molar-refractivity contribution in [2.45, 2.75) is 11.4 Å². The molecule has 3 N–H and O–H groups in total. The fourth-order valence-corrected chi connectivity index (χ4v) is 3.42.